The maximum atomic E-state index is 13.8. The fraction of sp³-hybridized carbons (Fsp3) is 0.0667. The fourth-order valence-electron chi connectivity index (χ4n) is 2.21. The molecule has 5 heteroatoms. The third-order valence-corrected chi connectivity index (χ3v) is 3.16. The molecule has 2 aromatic carbocycles. The molecular formula is C15H12F2N2O. The van der Waals surface area contributed by atoms with Gasteiger partial charge in [-0.05, 0) is 30.3 Å². The molecule has 0 saturated heterocycles. The molecule has 3 N–H and O–H groups in total. The fourth-order valence-corrected chi connectivity index (χ4v) is 2.21. The van der Waals surface area contributed by atoms with Crippen LogP contribution in [-0.2, 0) is 0 Å². The molecule has 3 nitrogen and oxygen atoms in total. The molecule has 102 valence electrons. The predicted molar refractivity (Wildman–Crippen MR) is 71.7 cm³/mol. The predicted octanol–water partition coefficient (Wildman–Crippen LogP) is 3.26. The number of hydrazine groups is 1. The van der Waals surface area contributed by atoms with Crippen LogP contribution in [0, 0.1) is 11.6 Å². The van der Waals surface area contributed by atoms with Crippen LogP contribution in [0.3, 0.4) is 0 Å². The lowest BCUT2D eigenvalue weighted by molar-refractivity contribution is 0.462. The van der Waals surface area contributed by atoms with Gasteiger partial charge < -0.3 is 4.42 Å². The van der Waals surface area contributed by atoms with Crippen molar-refractivity contribution in [2.24, 2.45) is 5.84 Å². The van der Waals surface area contributed by atoms with Crippen LogP contribution in [0.1, 0.15) is 17.4 Å². The van der Waals surface area contributed by atoms with Crippen LogP contribution in [0.4, 0.5) is 8.78 Å². The van der Waals surface area contributed by atoms with Crippen LogP contribution in [0.5, 0.6) is 0 Å². The van der Waals surface area contributed by atoms with Crippen LogP contribution < -0.4 is 11.3 Å². The summed E-state index contributed by atoms with van der Waals surface area (Å²) in [6.45, 7) is 0. The first-order valence-corrected chi connectivity index (χ1v) is 6.08. The molecule has 0 aliphatic carbocycles. The number of halogens is 2. The van der Waals surface area contributed by atoms with Gasteiger partial charge in [-0.1, -0.05) is 18.2 Å². The Balaban J connectivity index is 2.10. The lowest BCUT2D eigenvalue weighted by atomic mass is 10.0. The summed E-state index contributed by atoms with van der Waals surface area (Å²) in [5.74, 6) is 5.19. The van der Waals surface area contributed by atoms with Gasteiger partial charge in [0.2, 0.25) is 0 Å². The van der Waals surface area contributed by atoms with E-state index in [9.17, 15) is 8.78 Å². The molecule has 0 saturated carbocycles. The summed E-state index contributed by atoms with van der Waals surface area (Å²) in [5, 5.41) is 0.608. The molecule has 0 amide bonds. The number of fused-ring (bicyclic) bond motifs is 1. The minimum atomic E-state index is -0.633. The SMILES string of the molecule is NNC(c1cc2cc(F)ccc2o1)c1ccccc1F. The summed E-state index contributed by atoms with van der Waals surface area (Å²) in [4.78, 5) is 0. The average Bonchev–Trinajstić information content (AvgIpc) is 2.84. The van der Waals surface area contributed by atoms with Crippen molar-refractivity contribution in [3.05, 3.63) is 71.5 Å². The Bertz CT molecular complexity index is 754. The number of benzene rings is 2. The highest BCUT2D eigenvalue weighted by Crippen LogP contribution is 2.29. The molecule has 0 bridgehead atoms. The third kappa shape index (κ3) is 2.17. The first-order valence-electron chi connectivity index (χ1n) is 6.08. The van der Waals surface area contributed by atoms with E-state index in [1.165, 1.54) is 24.3 Å². The van der Waals surface area contributed by atoms with Crippen molar-refractivity contribution in [2.45, 2.75) is 6.04 Å². The molecule has 20 heavy (non-hydrogen) atoms. The zero-order valence-corrected chi connectivity index (χ0v) is 10.4. The first kappa shape index (κ1) is 12.8. The summed E-state index contributed by atoms with van der Waals surface area (Å²) < 4.78 is 32.6. The molecule has 1 atom stereocenters. The zero-order chi connectivity index (χ0) is 14.1. The van der Waals surface area contributed by atoms with Gasteiger partial charge in [-0.25, -0.2) is 14.2 Å². The molecule has 3 rings (SSSR count). The van der Waals surface area contributed by atoms with Gasteiger partial charge in [-0.2, -0.15) is 0 Å². The molecule has 3 aromatic rings. The highest BCUT2D eigenvalue weighted by atomic mass is 19.1. The summed E-state index contributed by atoms with van der Waals surface area (Å²) in [5.41, 5.74) is 3.42. The van der Waals surface area contributed by atoms with Crippen LogP contribution >= 0.6 is 0 Å². The molecule has 0 aliphatic rings. The van der Waals surface area contributed by atoms with Gasteiger partial charge >= 0.3 is 0 Å². The number of furan rings is 1. The summed E-state index contributed by atoms with van der Waals surface area (Å²) >= 11 is 0. The highest BCUT2D eigenvalue weighted by Gasteiger charge is 2.20. The topological polar surface area (TPSA) is 51.2 Å². The zero-order valence-electron chi connectivity index (χ0n) is 10.4. The van der Waals surface area contributed by atoms with Crippen molar-refractivity contribution >= 4 is 11.0 Å². The minimum absolute atomic E-state index is 0.354. The van der Waals surface area contributed by atoms with E-state index in [0.717, 1.165) is 0 Å². The smallest absolute Gasteiger partial charge is 0.134 e. The monoisotopic (exact) mass is 274 g/mol. The Morgan fingerprint density at radius 3 is 2.60 bits per heavy atom. The van der Waals surface area contributed by atoms with Crippen molar-refractivity contribution in [1.82, 2.24) is 5.43 Å². The van der Waals surface area contributed by atoms with Gasteiger partial charge in [0.25, 0.3) is 0 Å². The maximum Gasteiger partial charge on any atom is 0.134 e. The van der Waals surface area contributed by atoms with Crippen molar-refractivity contribution in [3.8, 4) is 0 Å². The lowest BCUT2D eigenvalue weighted by Gasteiger charge is -2.14. The standard InChI is InChI=1S/C15H12F2N2O/c16-10-5-6-13-9(7-10)8-14(20-13)15(19-18)11-3-1-2-4-12(11)17/h1-8,15,19H,18H2. The van der Waals surface area contributed by atoms with E-state index in [4.69, 9.17) is 10.3 Å². The van der Waals surface area contributed by atoms with Gasteiger partial charge in [0.05, 0.1) is 0 Å². The Morgan fingerprint density at radius 1 is 1.05 bits per heavy atom. The van der Waals surface area contributed by atoms with E-state index in [1.807, 2.05) is 0 Å². The third-order valence-electron chi connectivity index (χ3n) is 3.16. The maximum absolute atomic E-state index is 13.8. The van der Waals surface area contributed by atoms with E-state index in [2.05, 4.69) is 5.43 Å². The Morgan fingerprint density at radius 2 is 1.85 bits per heavy atom. The van der Waals surface area contributed by atoms with Crippen molar-refractivity contribution in [2.75, 3.05) is 0 Å². The van der Waals surface area contributed by atoms with Crippen molar-refractivity contribution in [1.29, 1.82) is 0 Å². The van der Waals surface area contributed by atoms with E-state index in [-0.39, 0.29) is 11.6 Å². The van der Waals surface area contributed by atoms with Gasteiger partial charge in [0, 0.05) is 10.9 Å². The highest BCUT2D eigenvalue weighted by molar-refractivity contribution is 5.78. The number of rotatable bonds is 3. The minimum Gasteiger partial charge on any atom is -0.459 e. The molecule has 1 heterocycles. The number of nitrogens with one attached hydrogen (secondary N) is 1. The second-order valence-electron chi connectivity index (χ2n) is 4.45. The average molecular weight is 274 g/mol. The van der Waals surface area contributed by atoms with E-state index >= 15 is 0 Å². The van der Waals surface area contributed by atoms with Gasteiger partial charge in [-0.3, -0.25) is 5.84 Å². The molecule has 0 spiro atoms. The Labute approximate surface area is 114 Å². The normalized spacial score (nSPS) is 12.8. The summed E-state index contributed by atoms with van der Waals surface area (Å²) in [7, 11) is 0. The van der Waals surface area contributed by atoms with Crippen LogP contribution in [0.25, 0.3) is 11.0 Å². The number of hydrogen-bond acceptors (Lipinski definition) is 3. The molecule has 0 fully saturated rings. The second-order valence-corrected chi connectivity index (χ2v) is 4.45. The first-order chi connectivity index (χ1) is 9.69. The quantitative estimate of drug-likeness (QED) is 0.569. The Hall–Kier alpha value is -2.24. The molecule has 1 unspecified atom stereocenters. The molecule has 0 aliphatic heterocycles. The number of nitrogens with two attached hydrogens (primary N) is 1. The lowest BCUT2D eigenvalue weighted by Crippen LogP contribution is -2.29. The van der Waals surface area contributed by atoms with E-state index < -0.39 is 6.04 Å². The van der Waals surface area contributed by atoms with Crippen molar-refractivity contribution < 1.29 is 13.2 Å². The van der Waals surface area contributed by atoms with Gasteiger partial charge in [0.1, 0.15) is 29.0 Å². The van der Waals surface area contributed by atoms with E-state index in [1.54, 1.807) is 24.3 Å². The Kier molecular flexibility index (Phi) is 3.22. The van der Waals surface area contributed by atoms with Gasteiger partial charge in [-0.15, -0.1) is 0 Å². The summed E-state index contributed by atoms with van der Waals surface area (Å²) in [6.07, 6.45) is 0. The molecule has 0 radical (unpaired) electrons. The van der Waals surface area contributed by atoms with Crippen LogP contribution in [0.2, 0.25) is 0 Å². The van der Waals surface area contributed by atoms with Crippen LogP contribution in [0.15, 0.2) is 52.9 Å². The largest absolute Gasteiger partial charge is 0.459 e. The summed E-state index contributed by atoms with van der Waals surface area (Å²) in [6, 6.07) is 11.5. The van der Waals surface area contributed by atoms with E-state index in [0.29, 0.717) is 22.3 Å². The molecule has 1 aromatic heterocycles. The molecular weight excluding hydrogens is 262 g/mol. The number of hydrogen-bond donors (Lipinski definition) is 2. The van der Waals surface area contributed by atoms with Crippen molar-refractivity contribution in [3.63, 3.8) is 0 Å². The second kappa shape index (κ2) is 5.03. The van der Waals surface area contributed by atoms with Crippen LogP contribution in [-0.4, -0.2) is 0 Å². The van der Waals surface area contributed by atoms with Gasteiger partial charge in [0.15, 0.2) is 0 Å².